The summed E-state index contributed by atoms with van der Waals surface area (Å²) >= 11 is 2.78. The van der Waals surface area contributed by atoms with Crippen molar-refractivity contribution in [3.8, 4) is 11.5 Å². The van der Waals surface area contributed by atoms with Gasteiger partial charge in [-0.1, -0.05) is 24.2 Å². The van der Waals surface area contributed by atoms with E-state index < -0.39 is 5.79 Å². The average molecular weight is 549 g/mol. The van der Waals surface area contributed by atoms with Gasteiger partial charge in [0.05, 0.1) is 12.3 Å². The molecule has 1 aliphatic heterocycles. The first-order valence-corrected chi connectivity index (χ1v) is 14.3. The third kappa shape index (κ3) is 5.65. The zero-order valence-electron chi connectivity index (χ0n) is 21.2. The highest BCUT2D eigenvalue weighted by Crippen LogP contribution is 2.43. The topological polar surface area (TPSA) is 104 Å². The Bertz CT molecular complexity index is 1410. The van der Waals surface area contributed by atoms with E-state index in [0.717, 1.165) is 47.0 Å². The minimum Gasteiger partial charge on any atom is -0.452 e. The van der Waals surface area contributed by atoms with E-state index in [1.807, 2.05) is 50.2 Å². The molecule has 0 aromatic carbocycles. The quantitative estimate of drug-likeness (QED) is 0.266. The molecule has 1 spiro atoms. The van der Waals surface area contributed by atoms with Crippen molar-refractivity contribution in [1.29, 1.82) is 0 Å². The van der Waals surface area contributed by atoms with E-state index >= 15 is 0 Å². The maximum atomic E-state index is 6.32. The molecule has 38 heavy (non-hydrogen) atoms. The predicted octanol–water partition coefficient (Wildman–Crippen LogP) is 6.78. The number of pyridine rings is 3. The predicted molar refractivity (Wildman–Crippen MR) is 145 cm³/mol. The molecule has 2 aliphatic rings. The number of hydrogen-bond acceptors (Lipinski definition) is 11. The van der Waals surface area contributed by atoms with Crippen molar-refractivity contribution in [3.63, 3.8) is 0 Å². The Balaban J connectivity index is 1.23. The van der Waals surface area contributed by atoms with Crippen LogP contribution in [0.3, 0.4) is 0 Å². The molecule has 1 saturated carbocycles. The number of aryl methyl sites for hydroxylation is 2. The molecule has 1 aliphatic carbocycles. The summed E-state index contributed by atoms with van der Waals surface area (Å²) in [6.45, 7) is 4.36. The Morgan fingerprint density at radius 3 is 2.76 bits per heavy atom. The van der Waals surface area contributed by atoms with Crippen LogP contribution in [0.5, 0.6) is 11.5 Å². The van der Waals surface area contributed by atoms with E-state index in [1.54, 1.807) is 12.4 Å². The Hall–Kier alpha value is -3.12. The number of hydrogen-bond donors (Lipinski definition) is 1. The molecule has 5 heterocycles. The zero-order chi connectivity index (χ0) is 26.0. The first-order valence-electron chi connectivity index (χ1n) is 12.7. The van der Waals surface area contributed by atoms with Crippen molar-refractivity contribution in [2.24, 2.45) is 0 Å². The Morgan fingerprint density at radius 2 is 1.95 bits per heavy atom. The second-order valence-electron chi connectivity index (χ2n) is 9.40. The number of anilines is 2. The molecule has 2 fully saturated rings. The zero-order valence-corrected chi connectivity index (χ0v) is 22.8. The van der Waals surface area contributed by atoms with Crippen LogP contribution < -0.4 is 10.1 Å². The second-order valence-corrected chi connectivity index (χ2v) is 11.2. The molecule has 196 valence electrons. The van der Waals surface area contributed by atoms with E-state index in [9.17, 15) is 0 Å². The Morgan fingerprint density at radius 1 is 1.05 bits per heavy atom. The molecule has 9 nitrogen and oxygen atoms in total. The van der Waals surface area contributed by atoms with Crippen molar-refractivity contribution in [2.45, 2.75) is 67.8 Å². The van der Waals surface area contributed by atoms with Gasteiger partial charge in [0.2, 0.25) is 5.13 Å². The van der Waals surface area contributed by atoms with Gasteiger partial charge in [0, 0.05) is 53.4 Å². The van der Waals surface area contributed by atoms with Crippen LogP contribution in [0.15, 0.2) is 58.7 Å². The van der Waals surface area contributed by atoms with Gasteiger partial charge in [-0.3, -0.25) is 4.98 Å². The summed E-state index contributed by atoms with van der Waals surface area (Å²) in [5.41, 5.74) is 1.73. The Labute approximate surface area is 229 Å². The smallest absolute Gasteiger partial charge is 0.208 e. The molecule has 6 rings (SSSR count). The fourth-order valence-electron chi connectivity index (χ4n) is 4.63. The van der Waals surface area contributed by atoms with Crippen LogP contribution in [0.4, 0.5) is 10.9 Å². The molecule has 4 aromatic heterocycles. The summed E-state index contributed by atoms with van der Waals surface area (Å²) in [4.78, 5) is 19.2. The standard InChI is InChI=1S/C27H28N6O3S2/c1-17-9-10-20(18(2)30-17)35-21-14-19(37-23-8-4-7-13-28-23)15-29-24(21)31-26-32-25(33-38-26)22-16-34-27(36-22)11-5-3-6-12-27/h4,7-10,13-15,22H,3,5-6,11-12,16H2,1-2H3,(H,29,31,32,33)/t22-/m1/s1. The summed E-state index contributed by atoms with van der Waals surface area (Å²) in [5, 5.41) is 4.78. The lowest BCUT2D eigenvalue weighted by Gasteiger charge is -2.31. The van der Waals surface area contributed by atoms with Gasteiger partial charge in [-0.2, -0.15) is 4.37 Å². The first kappa shape index (κ1) is 25.2. The highest BCUT2D eigenvalue weighted by atomic mass is 32.2. The molecule has 0 unspecified atom stereocenters. The van der Waals surface area contributed by atoms with E-state index in [1.165, 1.54) is 29.7 Å². The lowest BCUT2D eigenvalue weighted by atomic mass is 9.94. The van der Waals surface area contributed by atoms with Crippen molar-refractivity contribution in [1.82, 2.24) is 24.3 Å². The number of nitrogens with zero attached hydrogens (tertiary/aromatic N) is 5. The summed E-state index contributed by atoms with van der Waals surface area (Å²) in [7, 11) is 0. The minimum atomic E-state index is -0.467. The van der Waals surface area contributed by atoms with E-state index in [2.05, 4.69) is 24.6 Å². The van der Waals surface area contributed by atoms with E-state index in [0.29, 0.717) is 34.9 Å². The first-order chi connectivity index (χ1) is 18.6. The molecule has 0 bridgehead atoms. The molecular weight excluding hydrogens is 520 g/mol. The van der Waals surface area contributed by atoms with E-state index in [4.69, 9.17) is 19.2 Å². The second kappa shape index (κ2) is 10.9. The fraction of sp³-hybridized carbons (Fsp3) is 0.370. The van der Waals surface area contributed by atoms with Crippen molar-refractivity contribution >= 4 is 34.2 Å². The van der Waals surface area contributed by atoms with Gasteiger partial charge >= 0.3 is 0 Å². The van der Waals surface area contributed by atoms with Crippen LogP contribution in [-0.2, 0) is 9.47 Å². The van der Waals surface area contributed by atoms with Crippen molar-refractivity contribution < 1.29 is 14.2 Å². The summed E-state index contributed by atoms with van der Waals surface area (Å²) in [5.74, 6) is 1.91. The Kier molecular flexibility index (Phi) is 7.24. The van der Waals surface area contributed by atoms with Gasteiger partial charge in [0.15, 0.2) is 23.2 Å². The number of rotatable bonds is 7. The fourth-order valence-corrected chi connectivity index (χ4v) is 6.02. The number of aromatic nitrogens is 5. The largest absolute Gasteiger partial charge is 0.452 e. The van der Waals surface area contributed by atoms with Gasteiger partial charge in [-0.25, -0.2) is 15.0 Å². The van der Waals surface area contributed by atoms with Gasteiger partial charge in [0.25, 0.3) is 0 Å². The maximum absolute atomic E-state index is 6.32. The van der Waals surface area contributed by atoms with Crippen LogP contribution in [-0.4, -0.2) is 36.7 Å². The normalized spacial score (nSPS) is 18.5. The van der Waals surface area contributed by atoms with Gasteiger partial charge in [0.1, 0.15) is 16.9 Å². The SMILES string of the molecule is Cc1ccc(Oc2cc(Sc3ccccn3)cnc2Nc2nc([C@H]3COC4(CCCCC4)O3)ns2)c(C)n1. The van der Waals surface area contributed by atoms with Crippen LogP contribution in [0.1, 0.15) is 55.4 Å². The molecule has 4 aromatic rings. The summed E-state index contributed by atoms with van der Waals surface area (Å²) < 4.78 is 23.3. The minimum absolute atomic E-state index is 0.262. The molecule has 1 saturated heterocycles. The van der Waals surface area contributed by atoms with E-state index in [-0.39, 0.29) is 6.10 Å². The average Bonchev–Trinajstić information content (AvgIpc) is 3.55. The third-order valence-corrected chi connectivity index (χ3v) is 8.06. The molecular formula is C27H28N6O3S2. The highest BCUT2D eigenvalue weighted by molar-refractivity contribution is 7.99. The number of ether oxygens (including phenoxy) is 3. The van der Waals surface area contributed by atoms with Crippen LogP contribution in [0.2, 0.25) is 0 Å². The van der Waals surface area contributed by atoms with Crippen LogP contribution >= 0.6 is 23.3 Å². The molecule has 11 heteroatoms. The summed E-state index contributed by atoms with van der Waals surface area (Å²) in [6.07, 6.45) is 8.65. The lowest BCUT2D eigenvalue weighted by molar-refractivity contribution is -0.188. The van der Waals surface area contributed by atoms with Crippen molar-refractivity contribution in [2.75, 3.05) is 11.9 Å². The molecule has 1 atom stereocenters. The molecule has 0 amide bonds. The lowest BCUT2D eigenvalue weighted by Crippen LogP contribution is -2.32. The third-order valence-electron chi connectivity index (χ3n) is 6.51. The van der Waals surface area contributed by atoms with Crippen LogP contribution in [0.25, 0.3) is 0 Å². The molecule has 0 radical (unpaired) electrons. The maximum Gasteiger partial charge on any atom is 0.208 e. The van der Waals surface area contributed by atoms with Gasteiger partial charge in [-0.15, -0.1) is 0 Å². The monoisotopic (exact) mass is 548 g/mol. The number of nitrogens with one attached hydrogen (secondary N) is 1. The van der Waals surface area contributed by atoms with Gasteiger partial charge < -0.3 is 19.5 Å². The van der Waals surface area contributed by atoms with Crippen molar-refractivity contribution in [3.05, 3.63) is 66.0 Å². The molecule has 1 N–H and O–H groups in total. The summed E-state index contributed by atoms with van der Waals surface area (Å²) in [6, 6.07) is 11.6. The highest BCUT2D eigenvalue weighted by Gasteiger charge is 2.44. The van der Waals surface area contributed by atoms with Crippen LogP contribution in [0, 0.1) is 13.8 Å². The van der Waals surface area contributed by atoms with Gasteiger partial charge in [-0.05, 0) is 51.0 Å².